The Kier molecular flexibility index (Phi) is 5.96. The summed E-state index contributed by atoms with van der Waals surface area (Å²) in [6.45, 7) is 1.61. The van der Waals surface area contributed by atoms with Crippen molar-refractivity contribution in [2.45, 2.75) is 25.8 Å². The van der Waals surface area contributed by atoms with Crippen molar-refractivity contribution in [1.82, 2.24) is 19.5 Å². The van der Waals surface area contributed by atoms with Crippen LogP contribution in [0.2, 0.25) is 0 Å². The molecule has 4 rings (SSSR count). The van der Waals surface area contributed by atoms with E-state index in [-0.39, 0.29) is 23.4 Å². The number of methoxy groups -OCH3 is 2. The van der Waals surface area contributed by atoms with Crippen molar-refractivity contribution in [3.63, 3.8) is 0 Å². The van der Waals surface area contributed by atoms with Crippen molar-refractivity contribution in [2.75, 3.05) is 37.5 Å². The van der Waals surface area contributed by atoms with Crippen molar-refractivity contribution < 1.29 is 14.3 Å². The highest BCUT2D eigenvalue weighted by Crippen LogP contribution is 2.29. The number of amides is 1. The molecule has 0 unspecified atom stereocenters. The number of aromatic nitrogens is 4. The van der Waals surface area contributed by atoms with Crippen LogP contribution in [0.25, 0.3) is 11.0 Å². The van der Waals surface area contributed by atoms with E-state index in [0.29, 0.717) is 28.8 Å². The molecule has 0 aliphatic carbocycles. The number of rotatable bonds is 6. The van der Waals surface area contributed by atoms with E-state index in [2.05, 4.69) is 25.2 Å². The van der Waals surface area contributed by atoms with Gasteiger partial charge in [-0.15, -0.1) is 0 Å². The third-order valence-corrected chi connectivity index (χ3v) is 5.19. The smallest absolute Gasteiger partial charge is 0.264 e. The van der Waals surface area contributed by atoms with Crippen molar-refractivity contribution in [1.29, 1.82) is 0 Å². The van der Waals surface area contributed by atoms with E-state index < -0.39 is 0 Å². The summed E-state index contributed by atoms with van der Waals surface area (Å²) >= 11 is 0. The Hall–Kier alpha value is -3.69. The van der Waals surface area contributed by atoms with Gasteiger partial charge >= 0.3 is 0 Å². The summed E-state index contributed by atoms with van der Waals surface area (Å²) in [7, 11) is 3.05. The molecular weight excluding hydrogens is 400 g/mol. The van der Waals surface area contributed by atoms with Crippen molar-refractivity contribution >= 4 is 28.6 Å². The van der Waals surface area contributed by atoms with Crippen LogP contribution in [0.4, 0.5) is 11.6 Å². The summed E-state index contributed by atoms with van der Waals surface area (Å²) in [5.41, 5.74) is 0.494. The molecule has 0 spiro atoms. The lowest BCUT2D eigenvalue weighted by molar-refractivity contribution is -0.116. The normalized spacial score (nSPS) is 13.8. The van der Waals surface area contributed by atoms with Crippen LogP contribution in [0.3, 0.4) is 0 Å². The van der Waals surface area contributed by atoms with Crippen LogP contribution < -0.4 is 25.2 Å². The van der Waals surface area contributed by atoms with Gasteiger partial charge in [0.25, 0.3) is 5.56 Å². The van der Waals surface area contributed by atoms with Crippen molar-refractivity contribution in [3.8, 4) is 11.5 Å². The number of fused-ring (bicyclic) bond motifs is 1. The predicted octanol–water partition coefficient (Wildman–Crippen LogP) is 1.83. The minimum Gasteiger partial charge on any atom is -0.493 e. The monoisotopic (exact) mass is 424 g/mol. The van der Waals surface area contributed by atoms with Crippen LogP contribution in [0.5, 0.6) is 11.5 Å². The molecular formula is C21H24N6O4. The van der Waals surface area contributed by atoms with Crippen molar-refractivity contribution in [2.24, 2.45) is 0 Å². The fraction of sp³-hybridized carbons (Fsp3) is 0.381. The fourth-order valence-corrected chi connectivity index (χ4v) is 3.57. The zero-order chi connectivity index (χ0) is 21.8. The molecule has 10 nitrogen and oxygen atoms in total. The zero-order valence-electron chi connectivity index (χ0n) is 17.5. The maximum absolute atomic E-state index is 12.8. The van der Waals surface area contributed by atoms with E-state index in [9.17, 15) is 9.59 Å². The average Bonchev–Trinajstić information content (AvgIpc) is 2.81. The number of anilines is 2. The van der Waals surface area contributed by atoms with Crippen LogP contribution in [0, 0.1) is 0 Å². The first-order valence-corrected chi connectivity index (χ1v) is 10.1. The summed E-state index contributed by atoms with van der Waals surface area (Å²) < 4.78 is 11.7. The summed E-state index contributed by atoms with van der Waals surface area (Å²) in [5, 5.41) is 3.02. The molecule has 1 aromatic carbocycles. The molecule has 2 aromatic heterocycles. The van der Waals surface area contributed by atoms with E-state index in [0.717, 1.165) is 25.9 Å². The highest BCUT2D eigenvalue weighted by atomic mass is 16.5. The van der Waals surface area contributed by atoms with Gasteiger partial charge in [0.05, 0.1) is 14.2 Å². The number of benzene rings is 1. The van der Waals surface area contributed by atoms with Gasteiger partial charge in [-0.1, -0.05) is 0 Å². The summed E-state index contributed by atoms with van der Waals surface area (Å²) in [6, 6.07) is 5.03. The average molecular weight is 424 g/mol. The van der Waals surface area contributed by atoms with Gasteiger partial charge in [0, 0.05) is 31.0 Å². The van der Waals surface area contributed by atoms with Gasteiger partial charge in [-0.3, -0.25) is 14.2 Å². The maximum atomic E-state index is 12.8. The number of hydrogen-bond acceptors (Lipinski definition) is 8. The van der Waals surface area contributed by atoms with Crippen LogP contribution in [0.15, 0.2) is 35.5 Å². The molecule has 1 saturated heterocycles. The molecule has 1 N–H and O–H groups in total. The molecule has 0 bridgehead atoms. The number of hydrogen-bond donors (Lipinski definition) is 1. The number of carbonyl (C=O) groups is 1. The van der Waals surface area contributed by atoms with Gasteiger partial charge < -0.3 is 19.7 Å². The molecule has 0 saturated carbocycles. The number of nitrogens with zero attached hydrogens (tertiary/aromatic N) is 5. The molecule has 0 atom stereocenters. The lowest BCUT2D eigenvalue weighted by Gasteiger charge is -2.26. The topological polar surface area (TPSA) is 111 Å². The number of ether oxygens (including phenoxy) is 2. The Balaban J connectivity index is 1.51. The largest absolute Gasteiger partial charge is 0.493 e. The second-order valence-corrected chi connectivity index (χ2v) is 7.25. The van der Waals surface area contributed by atoms with E-state index in [4.69, 9.17) is 9.47 Å². The molecule has 3 aromatic rings. The highest BCUT2D eigenvalue weighted by Gasteiger charge is 2.16. The van der Waals surface area contributed by atoms with E-state index in [1.807, 2.05) is 0 Å². The van der Waals surface area contributed by atoms with E-state index in [1.54, 1.807) is 18.2 Å². The Morgan fingerprint density at radius 1 is 1.10 bits per heavy atom. The van der Waals surface area contributed by atoms with E-state index >= 15 is 0 Å². The standard InChI is InChI=1S/C21H24N6O4/c1-30-16-7-6-14(10-17(16)31-2)24-18(28)12-27-13-23-19-15(20(27)29)11-22-21(25-19)26-8-4-3-5-9-26/h6-7,10-11,13H,3-5,8-9,12H2,1-2H3,(H,24,28). The molecule has 10 heteroatoms. The Morgan fingerprint density at radius 3 is 2.61 bits per heavy atom. The zero-order valence-corrected chi connectivity index (χ0v) is 17.5. The first-order valence-electron chi connectivity index (χ1n) is 10.1. The van der Waals surface area contributed by atoms with Crippen LogP contribution >= 0.6 is 0 Å². The molecule has 1 fully saturated rings. The van der Waals surface area contributed by atoms with Gasteiger partial charge in [-0.05, 0) is 31.4 Å². The molecule has 1 amide bonds. The summed E-state index contributed by atoms with van der Waals surface area (Å²) in [4.78, 5) is 40.5. The Morgan fingerprint density at radius 2 is 1.87 bits per heavy atom. The minimum absolute atomic E-state index is 0.190. The Labute approximate surface area is 178 Å². The second-order valence-electron chi connectivity index (χ2n) is 7.25. The third-order valence-electron chi connectivity index (χ3n) is 5.19. The van der Waals surface area contributed by atoms with Crippen LogP contribution in [0.1, 0.15) is 19.3 Å². The van der Waals surface area contributed by atoms with Gasteiger partial charge in [0.15, 0.2) is 17.1 Å². The third kappa shape index (κ3) is 4.42. The molecule has 31 heavy (non-hydrogen) atoms. The Bertz CT molecular complexity index is 1160. The molecule has 3 heterocycles. The molecule has 162 valence electrons. The number of piperidine rings is 1. The lowest BCUT2D eigenvalue weighted by atomic mass is 10.1. The summed E-state index contributed by atoms with van der Waals surface area (Å²) in [6.07, 6.45) is 6.24. The molecule has 0 radical (unpaired) electrons. The van der Waals surface area contributed by atoms with Gasteiger partial charge in [-0.2, -0.15) is 4.98 Å². The van der Waals surface area contributed by atoms with Crippen LogP contribution in [-0.2, 0) is 11.3 Å². The van der Waals surface area contributed by atoms with E-state index in [1.165, 1.54) is 37.7 Å². The highest BCUT2D eigenvalue weighted by molar-refractivity contribution is 5.91. The van der Waals surface area contributed by atoms with Crippen molar-refractivity contribution in [3.05, 3.63) is 41.1 Å². The first kappa shape index (κ1) is 20.6. The van der Waals surface area contributed by atoms with Crippen LogP contribution in [-0.4, -0.2) is 52.7 Å². The fourth-order valence-electron chi connectivity index (χ4n) is 3.57. The number of carbonyl (C=O) groups excluding carboxylic acids is 1. The van der Waals surface area contributed by atoms with Gasteiger partial charge in [0.1, 0.15) is 18.3 Å². The summed E-state index contributed by atoms with van der Waals surface area (Å²) in [5.74, 6) is 1.26. The second kappa shape index (κ2) is 8.99. The number of nitrogens with one attached hydrogen (secondary N) is 1. The predicted molar refractivity (Wildman–Crippen MR) is 116 cm³/mol. The van der Waals surface area contributed by atoms with Gasteiger partial charge in [-0.25, -0.2) is 9.97 Å². The van der Waals surface area contributed by atoms with Gasteiger partial charge in [0.2, 0.25) is 11.9 Å². The molecule has 1 aliphatic heterocycles. The minimum atomic E-state index is -0.374. The maximum Gasteiger partial charge on any atom is 0.264 e. The molecule has 1 aliphatic rings. The quantitative estimate of drug-likeness (QED) is 0.638. The first-order chi connectivity index (χ1) is 15.1. The lowest BCUT2D eigenvalue weighted by Crippen LogP contribution is -2.31. The SMILES string of the molecule is COc1ccc(NC(=O)Cn2cnc3nc(N4CCCCC4)ncc3c2=O)cc1OC.